The van der Waals surface area contributed by atoms with Crippen molar-refractivity contribution in [1.82, 2.24) is 30.8 Å². The third-order valence-corrected chi connectivity index (χ3v) is 9.65. The molecule has 1 aromatic carbocycles. The average molecular weight is 681 g/mol. The number of methoxy groups -OCH3 is 1. The van der Waals surface area contributed by atoms with E-state index in [-0.39, 0.29) is 36.8 Å². The Morgan fingerprint density at radius 1 is 1.11 bits per heavy atom. The highest BCUT2D eigenvalue weighted by Crippen LogP contribution is 2.54. The Balaban J connectivity index is 1.36. The number of ether oxygens (including phenoxy) is 1. The summed E-state index contributed by atoms with van der Waals surface area (Å²) in [7, 11) is 1.53. The summed E-state index contributed by atoms with van der Waals surface area (Å²) in [5, 5.41) is 12.4. The van der Waals surface area contributed by atoms with Crippen molar-refractivity contribution in [2.45, 2.75) is 41.8 Å². The predicted molar refractivity (Wildman–Crippen MR) is 179 cm³/mol. The van der Waals surface area contributed by atoms with Gasteiger partial charge in [-0.25, -0.2) is 14.4 Å². The van der Waals surface area contributed by atoms with Crippen LogP contribution >= 0.6 is 23.2 Å². The molecule has 10 nitrogen and oxygen atoms in total. The molecule has 0 saturated carbocycles. The summed E-state index contributed by atoms with van der Waals surface area (Å²) >= 11 is 14.8. The van der Waals surface area contributed by atoms with Crippen LogP contribution in [0.25, 0.3) is 5.57 Å². The number of alkyl halides is 2. The number of hydrogen-bond donors (Lipinski definition) is 4. The van der Waals surface area contributed by atoms with Gasteiger partial charge in [-0.2, -0.15) is 0 Å². The number of aromatic nitrogens is 2. The molecule has 2 aromatic heterocycles. The summed E-state index contributed by atoms with van der Waals surface area (Å²) in [6.45, 7) is 2.53. The van der Waals surface area contributed by atoms with Crippen LogP contribution in [0.5, 0.6) is 5.88 Å². The number of anilines is 1. The summed E-state index contributed by atoms with van der Waals surface area (Å²) < 4.78 is 20.3. The molecule has 4 N–H and O–H groups in total. The zero-order valence-electron chi connectivity index (χ0n) is 25.9. The Morgan fingerprint density at radius 3 is 2.68 bits per heavy atom. The highest BCUT2D eigenvalue weighted by atomic mass is 35.5. The third kappa shape index (κ3) is 6.85. The van der Waals surface area contributed by atoms with E-state index in [0.29, 0.717) is 55.3 Å². The van der Waals surface area contributed by atoms with Crippen LogP contribution in [0, 0.1) is 5.82 Å². The third-order valence-electron chi connectivity index (χ3n) is 8.65. The molecule has 1 aliphatic carbocycles. The van der Waals surface area contributed by atoms with Crippen molar-refractivity contribution in [3.05, 3.63) is 101 Å². The van der Waals surface area contributed by atoms with E-state index in [9.17, 15) is 9.59 Å². The number of halogens is 3. The molecular formula is C34H36Cl2FN7O3. The summed E-state index contributed by atoms with van der Waals surface area (Å²) in [5.41, 5.74) is 1.37. The van der Waals surface area contributed by atoms with E-state index in [1.165, 1.54) is 13.3 Å². The zero-order chi connectivity index (χ0) is 33.0. The van der Waals surface area contributed by atoms with E-state index in [1.54, 1.807) is 18.2 Å². The van der Waals surface area contributed by atoms with E-state index in [4.69, 9.17) is 32.9 Å². The molecule has 3 aliphatic rings. The SMILES string of the molecule is COc1nc([C@@]2(Nc3nccc(CN4CCNC(=O)C4)c3F)C=CC=C(c3ccccc3)C2(Cl)Cl)ccc1CNCC1CCC(=O)N1. The average Bonchev–Trinajstić information content (AvgIpc) is 3.48. The quantitative estimate of drug-likeness (QED) is 0.224. The molecule has 2 saturated heterocycles. The number of piperazine rings is 1. The van der Waals surface area contributed by atoms with Gasteiger partial charge in [0.05, 0.1) is 19.3 Å². The van der Waals surface area contributed by atoms with Gasteiger partial charge in [-0.3, -0.25) is 14.5 Å². The van der Waals surface area contributed by atoms with Crippen LogP contribution in [0.1, 0.15) is 35.2 Å². The summed E-state index contributed by atoms with van der Waals surface area (Å²) in [6, 6.07) is 14.8. The molecular weight excluding hydrogens is 644 g/mol. The minimum absolute atomic E-state index is 0.0589. The van der Waals surface area contributed by atoms with Gasteiger partial charge in [0.25, 0.3) is 0 Å². The molecule has 4 heterocycles. The number of amides is 2. The smallest absolute Gasteiger partial charge is 0.234 e. The number of carbonyl (C=O) groups excluding carboxylic acids is 2. The molecule has 2 atom stereocenters. The summed E-state index contributed by atoms with van der Waals surface area (Å²) in [6.07, 6.45) is 8.22. The largest absolute Gasteiger partial charge is 0.481 e. The standard InChI is InChI=1S/C34H36Cl2FN7O3/c1-47-32-23(18-38-19-25-10-12-28(45)41-25)9-11-27(42-32)33(14-5-8-26(34(33,35)36)22-6-3-2-4-7-22)43-31-30(37)24(13-15-40-31)20-44-17-16-39-29(46)21-44/h2-9,11,13-15,25,38H,10,12,16-21H2,1H3,(H,39,46)(H,40,43)(H,41,45)/t25?,33-/m0/s1. The first-order valence-electron chi connectivity index (χ1n) is 15.5. The summed E-state index contributed by atoms with van der Waals surface area (Å²) in [4.78, 5) is 34.7. The van der Waals surface area contributed by atoms with Crippen LogP contribution in [0.3, 0.4) is 0 Å². The maximum absolute atomic E-state index is 16.3. The molecule has 13 heteroatoms. The fourth-order valence-corrected chi connectivity index (χ4v) is 6.95. The van der Waals surface area contributed by atoms with Crippen LogP contribution in [0.4, 0.5) is 10.2 Å². The van der Waals surface area contributed by atoms with E-state index in [1.807, 2.05) is 53.5 Å². The van der Waals surface area contributed by atoms with Gasteiger partial charge in [-0.15, -0.1) is 0 Å². The van der Waals surface area contributed by atoms with Crippen LogP contribution in [-0.2, 0) is 28.2 Å². The lowest BCUT2D eigenvalue weighted by molar-refractivity contribution is -0.124. The van der Waals surface area contributed by atoms with Gasteiger partial charge >= 0.3 is 0 Å². The molecule has 3 aromatic rings. The van der Waals surface area contributed by atoms with Crippen LogP contribution in [0.2, 0.25) is 0 Å². The topological polar surface area (TPSA) is 121 Å². The molecule has 0 radical (unpaired) electrons. The Hall–Kier alpha value is -4.03. The second kappa shape index (κ2) is 14.0. The first-order chi connectivity index (χ1) is 22.7. The number of allylic oxidation sites excluding steroid dienone is 2. The van der Waals surface area contributed by atoms with Gasteiger partial charge < -0.3 is 26.0 Å². The molecule has 2 aliphatic heterocycles. The van der Waals surface area contributed by atoms with Crippen LogP contribution in [-0.4, -0.2) is 70.3 Å². The normalized spacial score (nSPS) is 22.4. The predicted octanol–water partition coefficient (Wildman–Crippen LogP) is 4.06. The van der Waals surface area contributed by atoms with Crippen LogP contribution in [0.15, 0.2) is 73.0 Å². The fraction of sp³-hybridized carbons (Fsp3) is 0.353. The van der Waals surface area contributed by atoms with Gasteiger partial charge in [0, 0.05) is 62.5 Å². The maximum atomic E-state index is 16.3. The minimum Gasteiger partial charge on any atom is -0.481 e. The van der Waals surface area contributed by atoms with E-state index in [0.717, 1.165) is 17.5 Å². The van der Waals surface area contributed by atoms with E-state index < -0.39 is 15.7 Å². The van der Waals surface area contributed by atoms with Crippen molar-refractivity contribution in [3.8, 4) is 5.88 Å². The Bertz CT molecular complexity index is 1700. The number of carbonyl (C=O) groups is 2. The number of benzene rings is 1. The van der Waals surface area contributed by atoms with Gasteiger partial charge in [0.15, 0.2) is 16.0 Å². The van der Waals surface area contributed by atoms with Crippen molar-refractivity contribution in [2.24, 2.45) is 0 Å². The molecule has 6 rings (SSSR count). The molecule has 0 spiro atoms. The van der Waals surface area contributed by atoms with Crippen LogP contribution < -0.4 is 26.0 Å². The maximum Gasteiger partial charge on any atom is 0.234 e. The lowest BCUT2D eigenvalue weighted by Gasteiger charge is -2.44. The second-order valence-electron chi connectivity index (χ2n) is 11.8. The minimum atomic E-state index is -1.71. The highest BCUT2D eigenvalue weighted by molar-refractivity contribution is 6.55. The van der Waals surface area contributed by atoms with E-state index in [2.05, 4.69) is 26.3 Å². The monoisotopic (exact) mass is 679 g/mol. The molecule has 2 fully saturated rings. The molecule has 1 unspecified atom stereocenters. The Labute approximate surface area is 282 Å². The molecule has 246 valence electrons. The van der Waals surface area contributed by atoms with Gasteiger partial charge in [-0.1, -0.05) is 71.8 Å². The highest BCUT2D eigenvalue weighted by Gasteiger charge is 2.55. The molecule has 47 heavy (non-hydrogen) atoms. The van der Waals surface area contributed by atoms with Crippen molar-refractivity contribution in [2.75, 3.05) is 38.6 Å². The number of pyridine rings is 2. The summed E-state index contributed by atoms with van der Waals surface area (Å²) in [5.74, 6) is -0.362. The number of hydrogen-bond acceptors (Lipinski definition) is 8. The van der Waals surface area contributed by atoms with Gasteiger partial charge in [0.1, 0.15) is 5.54 Å². The Morgan fingerprint density at radius 2 is 1.94 bits per heavy atom. The molecule has 0 bridgehead atoms. The number of nitrogens with one attached hydrogen (secondary N) is 4. The first-order valence-corrected chi connectivity index (χ1v) is 16.2. The lowest BCUT2D eigenvalue weighted by atomic mass is 9.79. The van der Waals surface area contributed by atoms with Gasteiger partial charge in [-0.05, 0) is 35.8 Å². The van der Waals surface area contributed by atoms with Crippen molar-refractivity contribution >= 4 is 46.4 Å². The molecule has 2 amide bonds. The van der Waals surface area contributed by atoms with Crippen molar-refractivity contribution in [3.63, 3.8) is 0 Å². The van der Waals surface area contributed by atoms with Crippen molar-refractivity contribution in [1.29, 1.82) is 0 Å². The Kier molecular flexibility index (Phi) is 9.79. The zero-order valence-corrected chi connectivity index (χ0v) is 27.4. The van der Waals surface area contributed by atoms with Gasteiger partial charge in [0.2, 0.25) is 17.7 Å². The lowest BCUT2D eigenvalue weighted by Crippen LogP contribution is -2.51. The van der Waals surface area contributed by atoms with Crippen molar-refractivity contribution < 1.29 is 18.7 Å². The van der Waals surface area contributed by atoms with E-state index >= 15 is 4.39 Å². The number of nitrogens with zero attached hydrogens (tertiary/aromatic N) is 3. The number of rotatable bonds is 11. The second-order valence-corrected chi connectivity index (χ2v) is 13.1. The fourth-order valence-electron chi connectivity index (χ4n) is 6.19. The first kappa shape index (κ1) is 32.9.